The quantitative estimate of drug-likeness (QED) is 0.747. The number of hydrogen-bond acceptors (Lipinski definition) is 4. The molecule has 2 unspecified atom stereocenters. The van der Waals surface area contributed by atoms with Crippen molar-refractivity contribution in [3.8, 4) is 0 Å². The number of benzene rings is 1. The summed E-state index contributed by atoms with van der Waals surface area (Å²) in [5, 5.41) is 15.3. The van der Waals surface area contributed by atoms with Crippen LogP contribution in [0.4, 0.5) is 4.79 Å². The highest BCUT2D eigenvalue weighted by Crippen LogP contribution is 2.08. The van der Waals surface area contributed by atoms with Gasteiger partial charge >= 0.3 is 6.09 Å². The van der Waals surface area contributed by atoms with E-state index in [-0.39, 0.29) is 0 Å². The Hall–Kier alpha value is -2.08. The van der Waals surface area contributed by atoms with E-state index in [4.69, 9.17) is 4.74 Å². The number of aliphatic hydroxyl groups is 1. The van der Waals surface area contributed by atoms with Crippen LogP contribution in [0.5, 0.6) is 0 Å². The van der Waals surface area contributed by atoms with Crippen molar-refractivity contribution in [3.05, 3.63) is 35.9 Å². The van der Waals surface area contributed by atoms with Gasteiger partial charge in [-0.25, -0.2) is 4.79 Å². The minimum atomic E-state index is -1.34. The fourth-order valence-corrected chi connectivity index (χ4v) is 1.94. The van der Waals surface area contributed by atoms with E-state index in [9.17, 15) is 14.7 Å². The molecule has 0 aromatic heterocycles. The summed E-state index contributed by atoms with van der Waals surface area (Å²) in [7, 11) is 0. The Kier molecular flexibility index (Phi) is 7.03. The first-order valence-electron chi connectivity index (χ1n) is 7.72. The van der Waals surface area contributed by atoms with Crippen LogP contribution in [-0.4, -0.2) is 34.9 Å². The monoisotopic (exact) mass is 322 g/mol. The Morgan fingerprint density at radius 2 is 1.83 bits per heavy atom. The highest BCUT2D eigenvalue weighted by Gasteiger charge is 2.27. The number of hydrogen-bond donors (Lipinski definition) is 3. The first-order valence-corrected chi connectivity index (χ1v) is 7.72. The molecule has 1 aromatic rings. The molecule has 23 heavy (non-hydrogen) atoms. The first kappa shape index (κ1) is 19.0. The van der Waals surface area contributed by atoms with Crippen LogP contribution in [0.15, 0.2) is 30.3 Å². The number of carbonyl (C=O) groups excluding carboxylic acids is 2. The van der Waals surface area contributed by atoms with Gasteiger partial charge in [0, 0.05) is 6.54 Å². The van der Waals surface area contributed by atoms with Crippen LogP contribution >= 0.6 is 0 Å². The van der Waals surface area contributed by atoms with Gasteiger partial charge in [-0.05, 0) is 32.8 Å². The van der Waals surface area contributed by atoms with Crippen LogP contribution in [0, 0.1) is 0 Å². The standard InChI is InChI=1S/C17H26N2O4/c1-5-13(19-16(22)23-17(2,3)4)14(20)15(21)18-11-12-9-7-6-8-10-12/h6-10,13-14,20H,5,11H2,1-4H3,(H,18,21)(H,19,22). The minimum Gasteiger partial charge on any atom is -0.444 e. The zero-order chi connectivity index (χ0) is 17.5. The maximum Gasteiger partial charge on any atom is 0.407 e. The minimum absolute atomic E-state index is 0.319. The Bertz CT molecular complexity index is 511. The molecular formula is C17H26N2O4. The molecule has 0 radical (unpaired) electrons. The van der Waals surface area contributed by atoms with Gasteiger partial charge in [-0.2, -0.15) is 0 Å². The Morgan fingerprint density at radius 3 is 2.35 bits per heavy atom. The van der Waals surface area contributed by atoms with Crippen molar-refractivity contribution in [2.24, 2.45) is 0 Å². The summed E-state index contributed by atoms with van der Waals surface area (Å²) in [6, 6.07) is 8.68. The SMILES string of the molecule is CCC(NC(=O)OC(C)(C)C)C(O)C(=O)NCc1ccccc1. The predicted molar refractivity (Wildman–Crippen MR) is 87.7 cm³/mol. The molecule has 2 amide bonds. The van der Waals surface area contributed by atoms with Gasteiger partial charge in [0.1, 0.15) is 5.60 Å². The lowest BCUT2D eigenvalue weighted by atomic mass is 10.1. The Balaban J connectivity index is 2.52. The lowest BCUT2D eigenvalue weighted by Crippen LogP contribution is -2.51. The molecule has 6 heteroatoms. The first-order chi connectivity index (χ1) is 10.7. The van der Waals surface area contributed by atoms with Crippen molar-refractivity contribution in [2.75, 3.05) is 0 Å². The van der Waals surface area contributed by atoms with E-state index in [1.807, 2.05) is 30.3 Å². The van der Waals surface area contributed by atoms with Gasteiger partial charge in [-0.3, -0.25) is 4.79 Å². The van der Waals surface area contributed by atoms with Crippen LogP contribution in [-0.2, 0) is 16.1 Å². The van der Waals surface area contributed by atoms with Crippen molar-refractivity contribution in [2.45, 2.75) is 58.4 Å². The molecule has 128 valence electrons. The lowest BCUT2D eigenvalue weighted by molar-refractivity contribution is -0.130. The van der Waals surface area contributed by atoms with Crippen molar-refractivity contribution in [1.29, 1.82) is 0 Å². The molecule has 0 aliphatic carbocycles. The number of carbonyl (C=O) groups is 2. The number of ether oxygens (including phenoxy) is 1. The third-order valence-electron chi connectivity index (χ3n) is 3.10. The van der Waals surface area contributed by atoms with Gasteiger partial charge in [0.05, 0.1) is 6.04 Å². The maximum absolute atomic E-state index is 12.0. The Morgan fingerprint density at radius 1 is 1.22 bits per heavy atom. The van der Waals surface area contributed by atoms with Crippen LogP contribution in [0.3, 0.4) is 0 Å². The van der Waals surface area contributed by atoms with Gasteiger partial charge in [0.15, 0.2) is 6.10 Å². The van der Waals surface area contributed by atoms with E-state index >= 15 is 0 Å². The van der Waals surface area contributed by atoms with Crippen molar-refractivity contribution >= 4 is 12.0 Å². The normalized spacial score (nSPS) is 13.8. The molecule has 2 atom stereocenters. The average molecular weight is 322 g/mol. The molecular weight excluding hydrogens is 296 g/mol. The molecule has 1 rings (SSSR count). The highest BCUT2D eigenvalue weighted by atomic mass is 16.6. The van der Waals surface area contributed by atoms with Crippen molar-refractivity contribution in [1.82, 2.24) is 10.6 Å². The summed E-state index contributed by atoms with van der Waals surface area (Å²) in [6.45, 7) is 7.33. The number of nitrogens with one attached hydrogen (secondary N) is 2. The van der Waals surface area contributed by atoms with Crippen molar-refractivity contribution in [3.63, 3.8) is 0 Å². The Labute approximate surface area is 137 Å². The van der Waals surface area contributed by atoms with Gasteiger partial charge in [-0.15, -0.1) is 0 Å². The molecule has 0 bridgehead atoms. The summed E-state index contributed by atoms with van der Waals surface area (Å²) < 4.78 is 5.14. The molecule has 0 aliphatic heterocycles. The molecule has 0 saturated carbocycles. The number of rotatable bonds is 6. The fourth-order valence-electron chi connectivity index (χ4n) is 1.94. The summed E-state index contributed by atoms with van der Waals surface area (Å²) in [5.41, 5.74) is 0.296. The largest absolute Gasteiger partial charge is 0.444 e. The van der Waals surface area contributed by atoms with E-state index in [1.165, 1.54) is 0 Å². The number of alkyl carbamates (subject to hydrolysis) is 1. The van der Waals surface area contributed by atoms with E-state index in [1.54, 1.807) is 27.7 Å². The third kappa shape index (κ3) is 7.15. The summed E-state index contributed by atoms with van der Waals surface area (Å²) >= 11 is 0. The van der Waals surface area contributed by atoms with Gasteiger partial charge in [-0.1, -0.05) is 37.3 Å². The summed E-state index contributed by atoms with van der Waals surface area (Å²) in [4.78, 5) is 23.8. The van der Waals surface area contributed by atoms with E-state index in [0.29, 0.717) is 13.0 Å². The topological polar surface area (TPSA) is 87.7 Å². The van der Waals surface area contributed by atoms with E-state index in [0.717, 1.165) is 5.56 Å². The highest BCUT2D eigenvalue weighted by molar-refractivity contribution is 5.82. The van der Waals surface area contributed by atoms with E-state index in [2.05, 4.69) is 10.6 Å². The van der Waals surface area contributed by atoms with Crippen molar-refractivity contribution < 1.29 is 19.4 Å². The van der Waals surface area contributed by atoms with Crippen LogP contribution < -0.4 is 10.6 Å². The van der Waals surface area contributed by atoms with E-state index < -0.39 is 29.7 Å². The van der Waals surface area contributed by atoms with Gasteiger partial charge in [0.2, 0.25) is 0 Å². The zero-order valence-electron chi connectivity index (χ0n) is 14.1. The predicted octanol–water partition coefficient (Wildman–Crippen LogP) is 1.97. The number of aliphatic hydroxyl groups excluding tert-OH is 1. The number of amides is 2. The third-order valence-corrected chi connectivity index (χ3v) is 3.10. The summed E-state index contributed by atoms with van der Waals surface area (Å²) in [6.07, 6.45) is -1.59. The molecule has 0 saturated heterocycles. The molecule has 0 spiro atoms. The molecule has 3 N–H and O–H groups in total. The molecule has 6 nitrogen and oxygen atoms in total. The van der Waals surface area contributed by atoms with Gasteiger partial charge in [0.25, 0.3) is 5.91 Å². The van der Waals surface area contributed by atoms with Gasteiger partial charge < -0.3 is 20.5 Å². The fraction of sp³-hybridized carbons (Fsp3) is 0.529. The molecule has 0 fully saturated rings. The average Bonchev–Trinajstić information content (AvgIpc) is 2.48. The maximum atomic E-state index is 12.0. The second-order valence-corrected chi connectivity index (χ2v) is 6.31. The molecule has 1 aromatic carbocycles. The molecule has 0 heterocycles. The summed E-state index contributed by atoms with van der Waals surface area (Å²) in [5.74, 6) is -0.531. The smallest absolute Gasteiger partial charge is 0.407 e. The van der Waals surface area contributed by atoms with Crippen LogP contribution in [0.25, 0.3) is 0 Å². The van der Waals surface area contributed by atoms with Crippen LogP contribution in [0.1, 0.15) is 39.7 Å². The second kappa shape index (κ2) is 8.53. The second-order valence-electron chi connectivity index (χ2n) is 6.31. The molecule has 0 aliphatic rings. The lowest BCUT2D eigenvalue weighted by Gasteiger charge is -2.25. The van der Waals surface area contributed by atoms with Crippen LogP contribution in [0.2, 0.25) is 0 Å². The zero-order valence-corrected chi connectivity index (χ0v) is 14.1.